The fraction of sp³-hybridized carbons (Fsp3) is 0. The first kappa shape index (κ1) is 9.73. The van der Waals surface area contributed by atoms with Gasteiger partial charge in [0.1, 0.15) is 0 Å². The van der Waals surface area contributed by atoms with Crippen LogP contribution in [-0.2, 0) is 0 Å². The molecule has 0 bridgehead atoms. The van der Waals surface area contributed by atoms with Crippen molar-refractivity contribution in [3.05, 3.63) is 34.3 Å². The van der Waals surface area contributed by atoms with E-state index >= 15 is 0 Å². The van der Waals surface area contributed by atoms with Crippen LogP contribution >= 0.6 is 15.9 Å². The number of hydrazone groups is 1. The van der Waals surface area contributed by atoms with Gasteiger partial charge in [-0.2, -0.15) is 0 Å². The lowest BCUT2D eigenvalue weighted by atomic mass is 10.2. The predicted molar refractivity (Wildman–Crippen MR) is 56.1 cm³/mol. The van der Waals surface area contributed by atoms with Gasteiger partial charge in [0.25, 0.3) is 5.96 Å². The average Bonchev–Trinajstić information content (AvgIpc) is 2.08. The van der Waals surface area contributed by atoms with E-state index in [0.29, 0.717) is 0 Å². The van der Waals surface area contributed by atoms with Gasteiger partial charge in [-0.15, -0.1) is 5.10 Å². The second-order valence-electron chi connectivity index (χ2n) is 2.36. The summed E-state index contributed by atoms with van der Waals surface area (Å²) in [6.07, 6.45) is 1.70. The Hall–Kier alpha value is -1.36. The number of hydrogen-bond donors (Lipinski definition) is 3. The molecule has 13 heavy (non-hydrogen) atoms. The zero-order valence-electron chi connectivity index (χ0n) is 6.87. The molecule has 0 aliphatic heterocycles. The van der Waals surface area contributed by atoms with Gasteiger partial charge in [-0.25, -0.2) is 0 Å². The Kier molecular flexibility index (Phi) is 3.45. The number of rotatable bonds is 2. The van der Waals surface area contributed by atoms with Crippen molar-refractivity contribution in [2.45, 2.75) is 0 Å². The van der Waals surface area contributed by atoms with Gasteiger partial charge in [-0.3, -0.25) is 0 Å². The molecule has 0 aromatic heterocycles. The zero-order chi connectivity index (χ0) is 9.68. The summed E-state index contributed by atoms with van der Waals surface area (Å²) in [7, 11) is 0. The highest BCUT2D eigenvalue weighted by atomic mass is 79.9. The predicted octanol–water partition coefficient (Wildman–Crippen LogP) is -0.863. The minimum absolute atomic E-state index is 0.00774. The Morgan fingerprint density at radius 1 is 1.31 bits per heavy atom. The molecule has 5 heteroatoms. The fourth-order valence-electron chi connectivity index (χ4n) is 0.740. The summed E-state index contributed by atoms with van der Waals surface area (Å²) >= 11 is 3.33. The standard InChI is InChI=1S/C8H9BrN4/c9-7-3-1-6(2-4-7)5-12-13-8(10)11/h1-5H,(H4,10,11,13)/p+1/b12-5+. The molecule has 0 aliphatic rings. The molecule has 1 aromatic rings. The molecular weight excluding hydrogens is 232 g/mol. The largest absolute Gasteiger partial charge is 0.365 e. The molecule has 0 saturated heterocycles. The third-order valence-corrected chi connectivity index (χ3v) is 1.82. The van der Waals surface area contributed by atoms with Crippen LogP contribution in [0.15, 0.2) is 33.8 Å². The summed E-state index contributed by atoms with van der Waals surface area (Å²) in [6, 6.07) is 7.73. The van der Waals surface area contributed by atoms with Crippen molar-refractivity contribution in [3.63, 3.8) is 0 Å². The van der Waals surface area contributed by atoms with Gasteiger partial charge in [-0.05, 0) is 24.3 Å². The minimum atomic E-state index is 0.00774. The van der Waals surface area contributed by atoms with Crippen LogP contribution in [0.1, 0.15) is 5.56 Å². The highest BCUT2D eigenvalue weighted by Crippen LogP contribution is 2.08. The molecule has 0 saturated carbocycles. The van der Waals surface area contributed by atoms with E-state index in [-0.39, 0.29) is 5.96 Å². The molecule has 0 atom stereocenters. The normalized spacial score (nSPS) is 10.2. The number of nitrogens with one attached hydrogen (secondary N) is 1. The van der Waals surface area contributed by atoms with E-state index in [1.165, 1.54) is 0 Å². The van der Waals surface area contributed by atoms with Crippen LogP contribution in [0.5, 0.6) is 0 Å². The maximum atomic E-state index is 5.12. The summed E-state index contributed by atoms with van der Waals surface area (Å²) in [5, 5.41) is 6.22. The maximum Gasteiger partial charge on any atom is 0.256 e. The molecule has 0 amide bonds. The second-order valence-corrected chi connectivity index (χ2v) is 3.28. The molecule has 0 aliphatic carbocycles. The Bertz CT molecular complexity index is 325. The maximum absolute atomic E-state index is 5.12. The van der Waals surface area contributed by atoms with Gasteiger partial charge in [0, 0.05) is 15.1 Å². The minimum Gasteiger partial charge on any atom is -0.365 e. The molecule has 1 rings (SSSR count). The summed E-state index contributed by atoms with van der Waals surface area (Å²) in [5.74, 6) is 0.00774. The Balaban J connectivity index is 2.70. The number of guanidine groups is 1. The Labute approximate surface area is 84.5 Å². The lowest BCUT2D eigenvalue weighted by molar-refractivity contribution is -0.456. The molecule has 68 valence electrons. The van der Waals surface area contributed by atoms with Crippen LogP contribution in [0.4, 0.5) is 0 Å². The van der Waals surface area contributed by atoms with Crippen LogP contribution in [0.25, 0.3) is 0 Å². The third kappa shape index (κ3) is 3.71. The van der Waals surface area contributed by atoms with E-state index in [2.05, 4.69) is 26.1 Å². The molecule has 5 N–H and O–H groups in total. The van der Waals surface area contributed by atoms with Crippen molar-refractivity contribution < 1.29 is 5.10 Å². The lowest BCUT2D eigenvalue weighted by Gasteiger charge is -1.88. The summed E-state index contributed by atoms with van der Waals surface area (Å²) < 4.78 is 1.03. The summed E-state index contributed by atoms with van der Waals surface area (Å²) in [4.78, 5) is 0. The number of nitrogens with zero attached hydrogens (tertiary/aromatic N) is 1. The quantitative estimate of drug-likeness (QED) is 0.358. The fourth-order valence-corrected chi connectivity index (χ4v) is 1.00. The molecule has 4 nitrogen and oxygen atoms in total. The number of benzene rings is 1. The van der Waals surface area contributed by atoms with E-state index in [4.69, 9.17) is 11.5 Å². The van der Waals surface area contributed by atoms with Crippen molar-refractivity contribution in [1.29, 1.82) is 0 Å². The number of hydrogen-bond acceptors (Lipinski definition) is 1. The molecule has 1 aromatic carbocycles. The van der Waals surface area contributed by atoms with Gasteiger partial charge in [-0.1, -0.05) is 15.9 Å². The van der Waals surface area contributed by atoms with Crippen molar-refractivity contribution in [3.8, 4) is 0 Å². The van der Waals surface area contributed by atoms with Crippen LogP contribution in [0.3, 0.4) is 0 Å². The molecule has 0 fully saturated rings. The number of halogens is 1. The molecule has 0 spiro atoms. The second kappa shape index (κ2) is 4.61. The zero-order valence-corrected chi connectivity index (χ0v) is 8.45. The SMILES string of the molecule is NC(N)=N/[NH+]=C/c1ccc(Br)cc1. The number of nitrogens with two attached hydrogens (primary N) is 2. The van der Waals surface area contributed by atoms with Crippen molar-refractivity contribution in [2.75, 3.05) is 0 Å². The van der Waals surface area contributed by atoms with Crippen molar-refractivity contribution >= 4 is 28.1 Å². The summed E-state index contributed by atoms with van der Waals surface area (Å²) in [6.45, 7) is 0. The average molecular weight is 242 g/mol. The van der Waals surface area contributed by atoms with Crippen LogP contribution in [0, 0.1) is 0 Å². The highest BCUT2D eigenvalue weighted by Gasteiger charge is 1.90. The molecular formula is C8H10BrN4+. The van der Waals surface area contributed by atoms with Crippen LogP contribution in [-0.4, -0.2) is 12.2 Å². The first-order chi connectivity index (χ1) is 6.18. The molecule has 0 unspecified atom stereocenters. The third-order valence-electron chi connectivity index (χ3n) is 1.29. The van der Waals surface area contributed by atoms with E-state index in [9.17, 15) is 0 Å². The smallest absolute Gasteiger partial charge is 0.256 e. The molecule has 0 radical (unpaired) electrons. The van der Waals surface area contributed by atoms with Crippen molar-refractivity contribution in [1.82, 2.24) is 0 Å². The van der Waals surface area contributed by atoms with Gasteiger partial charge in [0.15, 0.2) is 0 Å². The first-order valence-corrected chi connectivity index (χ1v) is 4.41. The van der Waals surface area contributed by atoms with E-state index in [1.807, 2.05) is 24.3 Å². The van der Waals surface area contributed by atoms with Gasteiger partial charge < -0.3 is 11.5 Å². The molecule has 0 heterocycles. The monoisotopic (exact) mass is 241 g/mol. The first-order valence-electron chi connectivity index (χ1n) is 3.61. The Morgan fingerprint density at radius 2 is 1.92 bits per heavy atom. The van der Waals surface area contributed by atoms with Crippen molar-refractivity contribution in [2.24, 2.45) is 16.6 Å². The lowest BCUT2D eigenvalue weighted by Crippen LogP contribution is -2.63. The Morgan fingerprint density at radius 3 is 2.46 bits per heavy atom. The van der Waals surface area contributed by atoms with E-state index in [0.717, 1.165) is 10.0 Å². The highest BCUT2D eigenvalue weighted by molar-refractivity contribution is 9.10. The van der Waals surface area contributed by atoms with Gasteiger partial charge in [0.05, 0.1) is 0 Å². The van der Waals surface area contributed by atoms with Crippen LogP contribution < -0.4 is 16.6 Å². The van der Waals surface area contributed by atoms with Gasteiger partial charge >= 0.3 is 0 Å². The van der Waals surface area contributed by atoms with E-state index < -0.39 is 0 Å². The van der Waals surface area contributed by atoms with Gasteiger partial charge in [0.2, 0.25) is 6.21 Å². The topological polar surface area (TPSA) is 78.4 Å². The van der Waals surface area contributed by atoms with E-state index in [1.54, 1.807) is 6.21 Å². The summed E-state index contributed by atoms with van der Waals surface area (Å²) in [5.41, 5.74) is 11.2. The van der Waals surface area contributed by atoms with Crippen LogP contribution in [0.2, 0.25) is 0 Å².